The lowest BCUT2D eigenvalue weighted by Gasteiger charge is -2.18. The van der Waals surface area contributed by atoms with Gasteiger partial charge in [0.1, 0.15) is 5.82 Å². The summed E-state index contributed by atoms with van der Waals surface area (Å²) in [5.41, 5.74) is 8.29. The summed E-state index contributed by atoms with van der Waals surface area (Å²) in [5.74, 6) is -0.231. The van der Waals surface area contributed by atoms with Crippen LogP contribution in [0.5, 0.6) is 0 Å². The Hall–Kier alpha value is -1.94. The maximum Gasteiger partial charge on any atom is 0.125 e. The van der Waals surface area contributed by atoms with Crippen LogP contribution in [0.3, 0.4) is 0 Å². The number of rotatable bonds is 4. The molecule has 0 amide bonds. The zero-order valence-corrected chi connectivity index (χ0v) is 10.3. The number of benzene rings is 1. The lowest BCUT2D eigenvalue weighted by molar-refractivity contribution is 0.627. The molecule has 0 aliphatic rings. The highest BCUT2D eigenvalue weighted by Gasteiger charge is 2.04. The van der Waals surface area contributed by atoms with E-state index in [0.717, 1.165) is 16.9 Å². The van der Waals surface area contributed by atoms with Crippen LogP contribution in [0.15, 0.2) is 42.6 Å². The summed E-state index contributed by atoms with van der Waals surface area (Å²) < 4.78 is 13.1. The van der Waals surface area contributed by atoms with Crippen molar-refractivity contribution in [2.24, 2.45) is 5.73 Å². The fraction of sp³-hybridized carbons (Fsp3) is 0.214. The Kier molecular flexibility index (Phi) is 3.89. The summed E-state index contributed by atoms with van der Waals surface area (Å²) in [6.45, 7) is 1.13. The fourth-order valence-electron chi connectivity index (χ4n) is 1.72. The number of nitrogens with two attached hydrogens (primary N) is 1. The lowest BCUT2D eigenvalue weighted by Crippen LogP contribution is -2.17. The van der Waals surface area contributed by atoms with Gasteiger partial charge in [-0.2, -0.15) is 0 Å². The lowest BCUT2D eigenvalue weighted by atomic mass is 10.2. The summed E-state index contributed by atoms with van der Waals surface area (Å²) in [4.78, 5) is 6.27. The van der Waals surface area contributed by atoms with E-state index in [1.54, 1.807) is 12.3 Å². The summed E-state index contributed by atoms with van der Waals surface area (Å²) in [6, 6.07) is 10.4. The molecule has 1 aromatic carbocycles. The van der Waals surface area contributed by atoms with Crippen molar-refractivity contribution in [1.29, 1.82) is 0 Å². The molecule has 4 heteroatoms. The standard InChI is InChI=1S/C14H16FN3/c1-18(14-4-2-3-12(15)7-14)10-13-6-5-11(8-16)9-17-13/h2-7,9H,8,10,16H2,1H3. The van der Waals surface area contributed by atoms with Crippen LogP contribution in [-0.2, 0) is 13.1 Å². The fourth-order valence-corrected chi connectivity index (χ4v) is 1.72. The zero-order chi connectivity index (χ0) is 13.0. The number of halogens is 1. The molecule has 0 atom stereocenters. The predicted octanol–water partition coefficient (Wildman–Crippen LogP) is 2.32. The molecule has 0 unspecified atom stereocenters. The minimum atomic E-state index is -0.231. The van der Waals surface area contributed by atoms with Crippen LogP contribution in [0.25, 0.3) is 0 Å². The normalized spacial score (nSPS) is 10.4. The third kappa shape index (κ3) is 3.05. The smallest absolute Gasteiger partial charge is 0.125 e. The molecule has 0 aliphatic heterocycles. The molecule has 1 aromatic heterocycles. The minimum absolute atomic E-state index is 0.231. The van der Waals surface area contributed by atoms with Crippen molar-refractivity contribution in [3.63, 3.8) is 0 Å². The summed E-state index contributed by atoms with van der Waals surface area (Å²) in [5, 5.41) is 0. The van der Waals surface area contributed by atoms with Gasteiger partial charge in [-0.05, 0) is 29.8 Å². The average molecular weight is 245 g/mol. The Labute approximate surface area is 106 Å². The van der Waals surface area contributed by atoms with Gasteiger partial charge in [0.2, 0.25) is 0 Å². The van der Waals surface area contributed by atoms with Crippen molar-refractivity contribution in [2.45, 2.75) is 13.1 Å². The Bertz CT molecular complexity index is 511. The Morgan fingerprint density at radius 2 is 2.11 bits per heavy atom. The molecule has 0 saturated carbocycles. The van der Waals surface area contributed by atoms with E-state index in [1.807, 2.05) is 30.1 Å². The maximum atomic E-state index is 13.1. The number of hydrogen-bond acceptors (Lipinski definition) is 3. The summed E-state index contributed by atoms with van der Waals surface area (Å²) in [7, 11) is 1.91. The van der Waals surface area contributed by atoms with Crippen molar-refractivity contribution in [3.8, 4) is 0 Å². The number of aromatic nitrogens is 1. The molecule has 94 valence electrons. The van der Waals surface area contributed by atoms with Crippen molar-refractivity contribution in [2.75, 3.05) is 11.9 Å². The average Bonchev–Trinajstić information content (AvgIpc) is 2.39. The molecule has 2 aromatic rings. The van der Waals surface area contributed by atoms with E-state index in [9.17, 15) is 4.39 Å². The highest BCUT2D eigenvalue weighted by atomic mass is 19.1. The first-order chi connectivity index (χ1) is 8.69. The quantitative estimate of drug-likeness (QED) is 0.898. The Balaban J connectivity index is 2.08. The van der Waals surface area contributed by atoms with Crippen LogP contribution in [0, 0.1) is 5.82 Å². The van der Waals surface area contributed by atoms with Gasteiger partial charge >= 0.3 is 0 Å². The van der Waals surface area contributed by atoms with Crippen LogP contribution in [0.1, 0.15) is 11.3 Å². The molecule has 0 spiro atoms. The molecule has 0 fully saturated rings. The third-order valence-corrected chi connectivity index (χ3v) is 2.77. The van der Waals surface area contributed by atoms with E-state index in [-0.39, 0.29) is 5.82 Å². The van der Waals surface area contributed by atoms with Crippen LogP contribution >= 0.6 is 0 Å². The Morgan fingerprint density at radius 1 is 1.28 bits per heavy atom. The number of anilines is 1. The van der Waals surface area contributed by atoms with E-state index < -0.39 is 0 Å². The molecule has 2 N–H and O–H groups in total. The van der Waals surface area contributed by atoms with Gasteiger partial charge < -0.3 is 10.6 Å². The van der Waals surface area contributed by atoms with Gasteiger partial charge in [-0.3, -0.25) is 4.98 Å². The first-order valence-corrected chi connectivity index (χ1v) is 5.79. The van der Waals surface area contributed by atoms with E-state index in [1.165, 1.54) is 12.1 Å². The predicted molar refractivity (Wildman–Crippen MR) is 70.6 cm³/mol. The highest BCUT2D eigenvalue weighted by molar-refractivity contribution is 5.45. The summed E-state index contributed by atoms with van der Waals surface area (Å²) in [6.07, 6.45) is 1.77. The molecular formula is C14H16FN3. The van der Waals surface area contributed by atoms with Gasteiger partial charge in [-0.15, -0.1) is 0 Å². The molecular weight excluding hydrogens is 229 g/mol. The highest BCUT2D eigenvalue weighted by Crippen LogP contribution is 2.15. The van der Waals surface area contributed by atoms with Crippen molar-refractivity contribution in [3.05, 3.63) is 59.7 Å². The maximum absolute atomic E-state index is 13.1. The van der Waals surface area contributed by atoms with Gasteiger partial charge in [0.15, 0.2) is 0 Å². The van der Waals surface area contributed by atoms with E-state index in [0.29, 0.717) is 13.1 Å². The van der Waals surface area contributed by atoms with Crippen molar-refractivity contribution < 1.29 is 4.39 Å². The molecule has 0 saturated heterocycles. The molecule has 2 rings (SSSR count). The third-order valence-electron chi connectivity index (χ3n) is 2.77. The number of nitrogens with zero attached hydrogens (tertiary/aromatic N) is 2. The van der Waals surface area contributed by atoms with Crippen LogP contribution in [0.2, 0.25) is 0 Å². The topological polar surface area (TPSA) is 42.1 Å². The SMILES string of the molecule is CN(Cc1ccc(CN)cn1)c1cccc(F)c1. The Morgan fingerprint density at radius 3 is 2.72 bits per heavy atom. The van der Waals surface area contributed by atoms with Gasteiger partial charge in [0, 0.05) is 25.5 Å². The molecule has 18 heavy (non-hydrogen) atoms. The van der Waals surface area contributed by atoms with Crippen molar-refractivity contribution >= 4 is 5.69 Å². The minimum Gasteiger partial charge on any atom is -0.369 e. The van der Waals surface area contributed by atoms with E-state index in [4.69, 9.17) is 5.73 Å². The largest absolute Gasteiger partial charge is 0.369 e. The number of pyridine rings is 1. The second-order valence-electron chi connectivity index (χ2n) is 4.20. The first kappa shape index (κ1) is 12.5. The van der Waals surface area contributed by atoms with Crippen LogP contribution in [0.4, 0.5) is 10.1 Å². The molecule has 1 heterocycles. The van der Waals surface area contributed by atoms with Gasteiger partial charge in [-0.1, -0.05) is 12.1 Å². The second-order valence-corrected chi connectivity index (χ2v) is 4.20. The first-order valence-electron chi connectivity index (χ1n) is 5.79. The van der Waals surface area contributed by atoms with Gasteiger partial charge in [0.05, 0.1) is 12.2 Å². The molecule has 0 aliphatic carbocycles. The summed E-state index contributed by atoms with van der Waals surface area (Å²) >= 11 is 0. The molecule has 3 nitrogen and oxygen atoms in total. The van der Waals surface area contributed by atoms with E-state index >= 15 is 0 Å². The zero-order valence-electron chi connectivity index (χ0n) is 10.3. The number of hydrogen-bond donors (Lipinski definition) is 1. The van der Waals surface area contributed by atoms with Crippen LogP contribution < -0.4 is 10.6 Å². The monoisotopic (exact) mass is 245 g/mol. The van der Waals surface area contributed by atoms with Gasteiger partial charge in [0.25, 0.3) is 0 Å². The molecule has 0 radical (unpaired) electrons. The van der Waals surface area contributed by atoms with Gasteiger partial charge in [-0.25, -0.2) is 4.39 Å². The van der Waals surface area contributed by atoms with Crippen molar-refractivity contribution in [1.82, 2.24) is 4.98 Å². The van der Waals surface area contributed by atoms with E-state index in [2.05, 4.69) is 4.98 Å². The second kappa shape index (κ2) is 5.60. The van der Waals surface area contributed by atoms with Crippen LogP contribution in [-0.4, -0.2) is 12.0 Å². The molecule has 0 bridgehead atoms.